The van der Waals surface area contributed by atoms with E-state index >= 15 is 0 Å². The highest BCUT2D eigenvalue weighted by molar-refractivity contribution is 6.74. The van der Waals surface area contributed by atoms with Gasteiger partial charge in [-0.1, -0.05) is 41.5 Å². The molecule has 0 aromatic rings. The van der Waals surface area contributed by atoms with Gasteiger partial charge in [0.25, 0.3) is 0 Å². The summed E-state index contributed by atoms with van der Waals surface area (Å²) in [5.41, 5.74) is -0.606. The molecular formula is C25H50N2O5Si2. The fraction of sp³-hybridized carbons (Fsp3) is 0.920. The van der Waals surface area contributed by atoms with Gasteiger partial charge in [0.15, 0.2) is 16.6 Å². The summed E-state index contributed by atoms with van der Waals surface area (Å²) in [6.45, 7) is 28.3. The van der Waals surface area contributed by atoms with E-state index in [9.17, 15) is 9.59 Å². The molecule has 2 fully saturated rings. The number of rotatable bonds is 6. The number of nitrogens with zero attached hydrogens (tertiary/aromatic N) is 1. The van der Waals surface area contributed by atoms with E-state index in [-0.39, 0.29) is 34.2 Å². The molecule has 2 heterocycles. The molecule has 0 unspecified atom stereocenters. The lowest BCUT2D eigenvalue weighted by Crippen LogP contribution is -2.77. The molecule has 0 spiro atoms. The van der Waals surface area contributed by atoms with E-state index in [0.717, 1.165) is 12.8 Å². The number of alkyl carbamates (subject to hydrolysis) is 1. The van der Waals surface area contributed by atoms with Crippen molar-refractivity contribution in [3.8, 4) is 0 Å². The Bertz CT molecular complexity index is 765. The van der Waals surface area contributed by atoms with Crippen LogP contribution in [-0.4, -0.2) is 70.0 Å². The summed E-state index contributed by atoms with van der Waals surface area (Å²) >= 11 is 0. The standard InChI is InChI=1S/C25H50N2O5Si2/c1-23(2,3)31-22(29)26-20-17-14-15-19(32-34(12,13)25(7,8)9)18(27(17)21(20)28)16-30-33(10,11)24(4,5)6/h17-20H,14-16H2,1-13H3,(H,26,29)/t17-,18-,19-,20+/m1/s1. The molecule has 2 aliphatic rings. The number of β-lactam (4-membered cyclic amide) rings is 1. The lowest BCUT2D eigenvalue weighted by atomic mass is 9.81. The van der Waals surface area contributed by atoms with Crippen LogP contribution < -0.4 is 5.32 Å². The highest BCUT2D eigenvalue weighted by Crippen LogP contribution is 2.43. The molecule has 2 amide bonds. The quantitative estimate of drug-likeness (QED) is 0.365. The first-order valence-corrected chi connectivity index (χ1v) is 18.5. The predicted molar refractivity (Wildman–Crippen MR) is 142 cm³/mol. The number of fused-ring (bicyclic) bond motifs is 1. The van der Waals surface area contributed by atoms with Gasteiger partial charge >= 0.3 is 6.09 Å². The molecule has 0 aromatic carbocycles. The lowest BCUT2D eigenvalue weighted by Gasteiger charge is -2.57. The van der Waals surface area contributed by atoms with Gasteiger partial charge in [-0.2, -0.15) is 0 Å². The summed E-state index contributed by atoms with van der Waals surface area (Å²) < 4.78 is 18.9. The molecule has 34 heavy (non-hydrogen) atoms. The molecule has 198 valence electrons. The molecule has 0 aliphatic carbocycles. The van der Waals surface area contributed by atoms with Crippen LogP contribution in [-0.2, 0) is 18.4 Å². The second-order valence-corrected chi connectivity index (χ2v) is 23.6. The summed E-state index contributed by atoms with van der Waals surface area (Å²) in [5.74, 6) is -0.0665. The van der Waals surface area contributed by atoms with Crippen LogP contribution in [0.4, 0.5) is 4.79 Å². The van der Waals surface area contributed by atoms with E-state index in [4.69, 9.17) is 13.6 Å². The highest BCUT2D eigenvalue weighted by atomic mass is 28.4. The molecule has 1 N–H and O–H groups in total. The normalized spacial score (nSPS) is 26.6. The van der Waals surface area contributed by atoms with E-state index in [2.05, 4.69) is 73.0 Å². The van der Waals surface area contributed by atoms with Crippen LogP contribution in [0.1, 0.15) is 75.2 Å². The van der Waals surface area contributed by atoms with Crippen molar-refractivity contribution >= 4 is 28.6 Å². The van der Waals surface area contributed by atoms with Gasteiger partial charge in [0.05, 0.1) is 24.8 Å². The second kappa shape index (κ2) is 9.52. The molecule has 0 bridgehead atoms. The van der Waals surface area contributed by atoms with Gasteiger partial charge in [-0.25, -0.2) is 4.79 Å². The molecule has 4 atom stereocenters. The zero-order chi connectivity index (χ0) is 26.5. The predicted octanol–water partition coefficient (Wildman–Crippen LogP) is 5.67. The van der Waals surface area contributed by atoms with Crippen LogP contribution in [0.5, 0.6) is 0 Å². The van der Waals surface area contributed by atoms with Gasteiger partial charge in [0, 0.05) is 0 Å². The minimum Gasteiger partial charge on any atom is -0.444 e. The maximum absolute atomic E-state index is 13.3. The van der Waals surface area contributed by atoms with E-state index in [1.54, 1.807) is 0 Å². The Morgan fingerprint density at radius 1 is 0.941 bits per heavy atom. The summed E-state index contributed by atoms with van der Waals surface area (Å²) in [4.78, 5) is 27.6. The van der Waals surface area contributed by atoms with Crippen LogP contribution >= 0.6 is 0 Å². The molecule has 9 heteroatoms. The molecule has 0 aromatic heterocycles. The summed E-state index contributed by atoms with van der Waals surface area (Å²) in [6.07, 6.45) is 1.04. The van der Waals surface area contributed by atoms with E-state index in [1.807, 2.05) is 25.7 Å². The third-order valence-electron chi connectivity index (χ3n) is 8.14. The van der Waals surface area contributed by atoms with Crippen molar-refractivity contribution in [1.82, 2.24) is 10.2 Å². The SMILES string of the molecule is CC(C)(C)OC(=O)N[C@@H]1C(=O)N2[C@@H]1CC[C@@H](O[Si](C)(C)C(C)(C)C)[C@H]2CO[Si](C)(C)C(C)(C)C. The first kappa shape index (κ1) is 29.3. The van der Waals surface area contributed by atoms with Gasteiger partial charge in [-0.05, 0) is 69.9 Å². The Morgan fingerprint density at radius 3 is 1.94 bits per heavy atom. The number of carbonyl (C=O) groups is 2. The Morgan fingerprint density at radius 2 is 1.47 bits per heavy atom. The van der Waals surface area contributed by atoms with Crippen molar-refractivity contribution in [3.63, 3.8) is 0 Å². The number of hydrogen-bond donors (Lipinski definition) is 1. The third kappa shape index (κ3) is 6.45. The lowest BCUT2D eigenvalue weighted by molar-refractivity contribution is -0.168. The molecular weight excluding hydrogens is 464 g/mol. The third-order valence-corrected chi connectivity index (χ3v) is 17.1. The van der Waals surface area contributed by atoms with E-state index < -0.39 is 34.4 Å². The van der Waals surface area contributed by atoms with E-state index in [1.165, 1.54) is 0 Å². The summed E-state index contributed by atoms with van der Waals surface area (Å²) in [6, 6.07) is -0.738. The average molecular weight is 515 g/mol. The maximum Gasteiger partial charge on any atom is 0.408 e. The van der Waals surface area contributed by atoms with Crippen LogP contribution in [0, 0.1) is 0 Å². The van der Waals surface area contributed by atoms with E-state index in [0.29, 0.717) is 6.61 Å². The van der Waals surface area contributed by atoms with Gasteiger partial charge in [0.2, 0.25) is 5.91 Å². The Labute approximate surface area is 209 Å². The zero-order valence-corrected chi connectivity index (χ0v) is 25.9. The van der Waals surface area contributed by atoms with Crippen molar-refractivity contribution in [3.05, 3.63) is 0 Å². The first-order valence-electron chi connectivity index (χ1n) is 12.7. The largest absolute Gasteiger partial charge is 0.444 e. The fourth-order valence-corrected chi connectivity index (χ4v) is 6.38. The second-order valence-electron chi connectivity index (χ2n) is 14.1. The van der Waals surface area contributed by atoms with Crippen molar-refractivity contribution in [2.45, 2.75) is 141 Å². The molecule has 0 saturated carbocycles. The molecule has 0 radical (unpaired) electrons. The number of carbonyl (C=O) groups excluding carboxylic acids is 2. The number of nitrogens with one attached hydrogen (secondary N) is 1. The van der Waals surface area contributed by atoms with Crippen LogP contribution in [0.25, 0.3) is 0 Å². The van der Waals surface area contributed by atoms with Crippen LogP contribution in [0.2, 0.25) is 36.3 Å². The highest BCUT2D eigenvalue weighted by Gasteiger charge is 2.57. The van der Waals surface area contributed by atoms with Crippen molar-refractivity contribution < 1.29 is 23.2 Å². The van der Waals surface area contributed by atoms with Crippen LogP contribution in [0.15, 0.2) is 0 Å². The number of amides is 2. The molecule has 7 nitrogen and oxygen atoms in total. The van der Waals surface area contributed by atoms with Crippen LogP contribution in [0.3, 0.4) is 0 Å². The summed E-state index contributed by atoms with van der Waals surface area (Å²) in [7, 11) is -4.04. The number of ether oxygens (including phenoxy) is 1. The zero-order valence-electron chi connectivity index (χ0n) is 23.9. The molecule has 2 saturated heterocycles. The smallest absolute Gasteiger partial charge is 0.408 e. The first-order chi connectivity index (χ1) is 15.1. The minimum atomic E-state index is -2.04. The maximum atomic E-state index is 13.3. The van der Waals surface area contributed by atoms with Crippen molar-refractivity contribution in [2.24, 2.45) is 0 Å². The van der Waals surface area contributed by atoms with Crippen molar-refractivity contribution in [1.29, 1.82) is 0 Å². The summed E-state index contributed by atoms with van der Waals surface area (Å²) in [5, 5.41) is 2.97. The number of piperidine rings is 1. The van der Waals surface area contributed by atoms with Gasteiger partial charge in [-0.15, -0.1) is 0 Å². The van der Waals surface area contributed by atoms with Crippen molar-refractivity contribution in [2.75, 3.05) is 6.61 Å². The minimum absolute atomic E-state index is 0.0488. The van der Waals surface area contributed by atoms with Gasteiger partial charge in [0.1, 0.15) is 11.6 Å². The topological polar surface area (TPSA) is 77.1 Å². The monoisotopic (exact) mass is 514 g/mol. The Balaban J connectivity index is 2.23. The Kier molecular flexibility index (Phi) is 8.21. The number of hydrogen-bond acceptors (Lipinski definition) is 5. The fourth-order valence-electron chi connectivity index (χ4n) is 3.97. The molecule has 2 aliphatic heterocycles. The van der Waals surface area contributed by atoms with Gasteiger partial charge in [-0.3, -0.25) is 4.79 Å². The Hall–Kier alpha value is -0.906. The average Bonchev–Trinajstić information content (AvgIpc) is 2.61. The van der Waals surface area contributed by atoms with Gasteiger partial charge < -0.3 is 23.8 Å². The molecule has 2 rings (SSSR count).